The van der Waals surface area contributed by atoms with Crippen LogP contribution in [-0.2, 0) is 9.47 Å². The summed E-state index contributed by atoms with van der Waals surface area (Å²) in [6.45, 7) is 5.09. The van der Waals surface area contributed by atoms with Crippen LogP contribution in [0.25, 0.3) is 5.82 Å². The van der Waals surface area contributed by atoms with Gasteiger partial charge in [0.15, 0.2) is 12.0 Å². The second-order valence-electron chi connectivity index (χ2n) is 9.71. The normalized spacial score (nSPS) is 22.8. The zero-order valence-corrected chi connectivity index (χ0v) is 21.6. The van der Waals surface area contributed by atoms with E-state index < -0.39 is 11.9 Å². The van der Waals surface area contributed by atoms with Gasteiger partial charge >= 0.3 is 5.69 Å². The summed E-state index contributed by atoms with van der Waals surface area (Å²) in [5.74, 6) is 0.0840. The minimum absolute atomic E-state index is 0.0217. The number of unbranched alkanes of at least 4 members (excludes halogenated alkanes) is 3. The SMILES string of the molecule is CC[C@H]1O[C@@H](n2ccc(-n3cncn3)nc2=O)[C@@H](OCCCCCCN2C(=O)c3ccccc3C2=O)C1C. The van der Waals surface area contributed by atoms with Gasteiger partial charge in [0.25, 0.3) is 11.8 Å². The van der Waals surface area contributed by atoms with Crippen molar-refractivity contribution >= 4 is 11.8 Å². The van der Waals surface area contributed by atoms with E-state index in [1.807, 2.05) is 0 Å². The van der Waals surface area contributed by atoms with Crippen LogP contribution in [0.15, 0.2) is 54.0 Å². The molecule has 3 aromatic rings. The van der Waals surface area contributed by atoms with Crippen molar-refractivity contribution in [2.75, 3.05) is 13.2 Å². The number of hydrogen-bond acceptors (Lipinski definition) is 8. The van der Waals surface area contributed by atoms with Crippen LogP contribution in [0.4, 0.5) is 0 Å². The van der Waals surface area contributed by atoms with Gasteiger partial charge in [-0.1, -0.05) is 38.8 Å². The maximum atomic E-state index is 12.8. The summed E-state index contributed by atoms with van der Waals surface area (Å²) < 4.78 is 15.4. The van der Waals surface area contributed by atoms with Crippen LogP contribution in [0, 0.1) is 5.92 Å². The number of ether oxygens (including phenoxy) is 2. The fourth-order valence-corrected chi connectivity index (χ4v) is 5.22. The predicted molar refractivity (Wildman–Crippen MR) is 137 cm³/mol. The van der Waals surface area contributed by atoms with Crippen LogP contribution in [0.1, 0.15) is 72.9 Å². The molecule has 38 heavy (non-hydrogen) atoms. The van der Waals surface area contributed by atoms with Crippen LogP contribution in [0.3, 0.4) is 0 Å². The molecule has 4 heterocycles. The number of imide groups is 1. The molecule has 1 unspecified atom stereocenters. The lowest BCUT2D eigenvalue weighted by Gasteiger charge is -2.23. The molecule has 0 spiro atoms. The summed E-state index contributed by atoms with van der Waals surface area (Å²) >= 11 is 0. The van der Waals surface area contributed by atoms with Gasteiger partial charge < -0.3 is 9.47 Å². The third-order valence-electron chi connectivity index (χ3n) is 7.31. The molecule has 0 radical (unpaired) electrons. The number of rotatable bonds is 11. The molecule has 2 aliphatic rings. The summed E-state index contributed by atoms with van der Waals surface area (Å²) in [5.41, 5.74) is 0.538. The molecule has 0 saturated carbocycles. The monoisotopic (exact) mass is 520 g/mol. The molecular weight excluding hydrogens is 488 g/mol. The largest absolute Gasteiger partial charge is 0.373 e. The second-order valence-corrected chi connectivity index (χ2v) is 9.71. The van der Waals surface area contributed by atoms with Crippen molar-refractivity contribution in [3.63, 3.8) is 0 Å². The molecule has 2 amide bonds. The van der Waals surface area contributed by atoms with Gasteiger partial charge in [0.2, 0.25) is 0 Å². The Balaban J connectivity index is 1.11. The Labute approximate surface area is 220 Å². The second kappa shape index (κ2) is 11.4. The van der Waals surface area contributed by atoms with Crippen molar-refractivity contribution in [3.8, 4) is 5.82 Å². The van der Waals surface area contributed by atoms with Crippen LogP contribution < -0.4 is 5.69 Å². The highest BCUT2D eigenvalue weighted by Crippen LogP contribution is 2.37. The van der Waals surface area contributed by atoms with E-state index in [0.29, 0.717) is 30.1 Å². The summed E-state index contributed by atoms with van der Waals surface area (Å²) in [4.78, 5) is 47.2. The third kappa shape index (κ3) is 5.03. The maximum absolute atomic E-state index is 12.8. The Bertz CT molecular complexity index is 1300. The number of aromatic nitrogens is 5. The van der Waals surface area contributed by atoms with Crippen molar-refractivity contribution < 1.29 is 19.1 Å². The van der Waals surface area contributed by atoms with Crippen molar-refractivity contribution in [3.05, 3.63) is 70.8 Å². The van der Waals surface area contributed by atoms with Gasteiger partial charge in [-0.15, -0.1) is 0 Å². The molecule has 2 aliphatic heterocycles. The van der Waals surface area contributed by atoms with Crippen molar-refractivity contribution in [2.45, 2.75) is 64.4 Å². The smallest absolute Gasteiger partial charge is 0.351 e. The van der Waals surface area contributed by atoms with E-state index in [2.05, 4.69) is 28.9 Å². The molecule has 11 heteroatoms. The average Bonchev–Trinajstić information content (AvgIpc) is 3.63. The van der Waals surface area contributed by atoms with Crippen LogP contribution in [-0.4, -0.2) is 66.4 Å². The minimum Gasteiger partial charge on any atom is -0.373 e. The Kier molecular flexibility index (Phi) is 7.75. The minimum atomic E-state index is -0.562. The number of fused-ring (bicyclic) bond motifs is 1. The molecule has 200 valence electrons. The van der Waals surface area contributed by atoms with Gasteiger partial charge in [-0.05, 0) is 37.5 Å². The van der Waals surface area contributed by atoms with E-state index in [4.69, 9.17) is 9.47 Å². The summed E-state index contributed by atoms with van der Waals surface area (Å²) in [5, 5.41) is 4.02. The predicted octanol–water partition coefficient (Wildman–Crippen LogP) is 3.01. The zero-order valence-electron chi connectivity index (χ0n) is 21.6. The molecular formula is C27H32N6O5. The fourth-order valence-electron chi connectivity index (χ4n) is 5.22. The maximum Gasteiger partial charge on any atom is 0.351 e. The lowest BCUT2D eigenvalue weighted by atomic mass is 9.98. The first-order valence-corrected chi connectivity index (χ1v) is 13.2. The summed E-state index contributed by atoms with van der Waals surface area (Å²) in [7, 11) is 0. The molecule has 1 saturated heterocycles. The number of benzene rings is 1. The lowest BCUT2D eigenvalue weighted by Crippen LogP contribution is -2.35. The molecule has 11 nitrogen and oxygen atoms in total. The Morgan fingerprint density at radius 2 is 1.74 bits per heavy atom. The van der Waals surface area contributed by atoms with Gasteiger partial charge in [-0.2, -0.15) is 10.1 Å². The van der Waals surface area contributed by atoms with Gasteiger partial charge in [-0.25, -0.2) is 14.5 Å². The molecule has 2 aromatic heterocycles. The Hall–Kier alpha value is -3.70. The van der Waals surface area contributed by atoms with E-state index in [1.165, 1.54) is 26.8 Å². The number of carbonyl (C=O) groups excluding carboxylic acids is 2. The quantitative estimate of drug-likeness (QED) is 0.279. The topological polar surface area (TPSA) is 121 Å². The van der Waals surface area contributed by atoms with E-state index >= 15 is 0 Å². The highest BCUT2D eigenvalue weighted by atomic mass is 16.6. The van der Waals surface area contributed by atoms with Gasteiger partial charge in [-0.3, -0.25) is 19.1 Å². The van der Waals surface area contributed by atoms with Crippen LogP contribution >= 0.6 is 0 Å². The first-order valence-electron chi connectivity index (χ1n) is 13.2. The van der Waals surface area contributed by atoms with Gasteiger partial charge in [0.1, 0.15) is 18.8 Å². The van der Waals surface area contributed by atoms with Crippen LogP contribution in [0.5, 0.6) is 0 Å². The van der Waals surface area contributed by atoms with E-state index in [1.54, 1.807) is 36.5 Å². The fraction of sp³-hybridized carbons (Fsp3) is 0.481. The van der Waals surface area contributed by atoms with Crippen molar-refractivity contribution in [2.24, 2.45) is 5.92 Å². The molecule has 1 fully saturated rings. The third-order valence-corrected chi connectivity index (χ3v) is 7.31. The number of nitrogens with zero attached hydrogens (tertiary/aromatic N) is 6. The Morgan fingerprint density at radius 3 is 2.39 bits per heavy atom. The standard InChI is InChI=1S/C27H32N6O5/c1-3-21-18(2)23(26(38-21)32-14-12-22(30-27(32)36)33-17-28-16-29-33)37-15-9-5-4-8-13-31-24(34)19-10-6-7-11-20(19)25(31)35/h6-7,10-12,14,16-18,21,23,26H,3-5,8-9,13,15H2,1-2H3/t18?,21-,23+,26-/m1/s1. The molecule has 4 atom stereocenters. The molecule has 0 bridgehead atoms. The number of carbonyl (C=O) groups is 2. The van der Waals surface area contributed by atoms with Crippen LogP contribution in [0.2, 0.25) is 0 Å². The summed E-state index contributed by atoms with van der Waals surface area (Å²) in [6, 6.07) is 8.66. The number of hydrogen-bond donors (Lipinski definition) is 0. The molecule has 0 aliphatic carbocycles. The number of amides is 2. The molecule has 1 aromatic carbocycles. The molecule has 5 rings (SSSR count). The Morgan fingerprint density at radius 1 is 1.00 bits per heavy atom. The molecule has 0 N–H and O–H groups in total. The van der Waals surface area contributed by atoms with E-state index in [0.717, 1.165) is 32.1 Å². The highest BCUT2D eigenvalue weighted by Gasteiger charge is 2.43. The van der Waals surface area contributed by atoms with Gasteiger partial charge in [0.05, 0.1) is 17.2 Å². The average molecular weight is 521 g/mol. The van der Waals surface area contributed by atoms with Crippen molar-refractivity contribution in [1.29, 1.82) is 0 Å². The highest BCUT2D eigenvalue weighted by molar-refractivity contribution is 6.21. The van der Waals surface area contributed by atoms with Gasteiger partial charge in [0, 0.05) is 25.3 Å². The van der Waals surface area contributed by atoms with Crippen molar-refractivity contribution in [1.82, 2.24) is 29.2 Å². The first kappa shape index (κ1) is 25.9. The van der Waals surface area contributed by atoms with E-state index in [-0.39, 0.29) is 29.9 Å². The lowest BCUT2D eigenvalue weighted by molar-refractivity contribution is -0.0671. The first-order chi connectivity index (χ1) is 18.5. The zero-order chi connectivity index (χ0) is 26.6. The van der Waals surface area contributed by atoms with E-state index in [9.17, 15) is 14.4 Å². The summed E-state index contributed by atoms with van der Waals surface area (Å²) in [6.07, 6.45) is 7.83.